The number of nitrogens with one attached hydrogen (secondary N) is 1. The van der Waals surface area contributed by atoms with Gasteiger partial charge in [-0.15, -0.1) is 0 Å². The van der Waals surface area contributed by atoms with E-state index in [4.69, 9.17) is 9.47 Å². The van der Waals surface area contributed by atoms with Gasteiger partial charge in [-0.25, -0.2) is 9.59 Å². The first kappa shape index (κ1) is 21.8. The van der Waals surface area contributed by atoms with E-state index in [9.17, 15) is 9.59 Å². The third-order valence-electron chi connectivity index (χ3n) is 4.71. The van der Waals surface area contributed by atoms with Crippen molar-refractivity contribution in [2.75, 3.05) is 26.2 Å². The monoisotopic (exact) mass is 383 g/mol. The van der Waals surface area contributed by atoms with E-state index in [1.807, 2.05) is 46.4 Å². The van der Waals surface area contributed by atoms with E-state index in [1.165, 1.54) is 0 Å². The molecule has 27 heavy (non-hydrogen) atoms. The summed E-state index contributed by atoms with van der Waals surface area (Å²) in [6, 6.07) is 0.0446. The molecule has 2 rings (SSSR count). The molecule has 0 spiro atoms. The van der Waals surface area contributed by atoms with Crippen LogP contribution < -0.4 is 5.32 Å². The normalized spacial score (nSPS) is 24.3. The van der Waals surface area contributed by atoms with Gasteiger partial charge in [0.1, 0.15) is 11.2 Å². The Hall–Kier alpha value is -1.50. The summed E-state index contributed by atoms with van der Waals surface area (Å²) in [5, 5.41) is 3.38. The lowest BCUT2D eigenvalue weighted by molar-refractivity contribution is -0.0176. The molecule has 2 fully saturated rings. The summed E-state index contributed by atoms with van der Waals surface area (Å²) in [5.41, 5.74) is -1.07. The van der Waals surface area contributed by atoms with Crippen LogP contribution in [0, 0.1) is 0 Å². The van der Waals surface area contributed by atoms with E-state index in [2.05, 4.69) is 5.32 Å². The highest BCUT2D eigenvalue weighted by molar-refractivity contribution is 5.70. The molecule has 0 saturated carbocycles. The molecule has 0 bridgehead atoms. The van der Waals surface area contributed by atoms with Crippen LogP contribution in [0.3, 0.4) is 0 Å². The van der Waals surface area contributed by atoms with Gasteiger partial charge >= 0.3 is 12.2 Å². The maximum atomic E-state index is 13.0. The Morgan fingerprint density at radius 3 is 2.15 bits per heavy atom. The van der Waals surface area contributed by atoms with Crippen LogP contribution in [0.25, 0.3) is 0 Å². The first-order valence-electron chi connectivity index (χ1n) is 10.2. The summed E-state index contributed by atoms with van der Waals surface area (Å²) in [4.78, 5) is 29.1. The highest BCUT2D eigenvalue weighted by Crippen LogP contribution is 2.25. The number of carbonyl (C=O) groups is 2. The smallest absolute Gasteiger partial charge is 0.410 e. The minimum atomic E-state index is -0.545. The van der Waals surface area contributed by atoms with Crippen molar-refractivity contribution in [1.82, 2.24) is 15.1 Å². The van der Waals surface area contributed by atoms with Gasteiger partial charge in [0, 0.05) is 25.7 Å². The molecule has 2 atom stereocenters. The standard InChI is InChI=1S/C20H37N3O4/c1-19(2,3)26-17(24)22-12-8-10-16(14-22)23(15-9-7-11-21-13-15)18(25)27-20(4,5)6/h15-16,21H,7-14H2,1-6H3/t15-,16?/m1/s1. The molecule has 2 heterocycles. The summed E-state index contributed by atoms with van der Waals surface area (Å²) in [5.74, 6) is 0. The third-order valence-corrected chi connectivity index (χ3v) is 4.71. The van der Waals surface area contributed by atoms with Crippen LogP contribution in [-0.4, -0.2) is 71.5 Å². The Kier molecular flexibility index (Phi) is 7.00. The lowest BCUT2D eigenvalue weighted by Crippen LogP contribution is -2.59. The molecule has 1 unspecified atom stereocenters. The zero-order valence-corrected chi connectivity index (χ0v) is 17.8. The van der Waals surface area contributed by atoms with E-state index in [0.29, 0.717) is 13.1 Å². The number of amides is 2. The highest BCUT2D eigenvalue weighted by atomic mass is 16.6. The highest BCUT2D eigenvalue weighted by Gasteiger charge is 2.38. The number of hydrogen-bond donors (Lipinski definition) is 1. The molecule has 0 aliphatic carbocycles. The first-order chi connectivity index (χ1) is 12.5. The Morgan fingerprint density at radius 1 is 0.963 bits per heavy atom. The number of carbonyl (C=O) groups excluding carboxylic acids is 2. The lowest BCUT2D eigenvalue weighted by Gasteiger charge is -2.44. The first-order valence-corrected chi connectivity index (χ1v) is 10.2. The van der Waals surface area contributed by atoms with Crippen molar-refractivity contribution in [2.45, 2.75) is 90.5 Å². The topological polar surface area (TPSA) is 71.1 Å². The van der Waals surface area contributed by atoms with Gasteiger partial charge in [0.05, 0.1) is 6.04 Å². The van der Waals surface area contributed by atoms with Crippen LogP contribution >= 0.6 is 0 Å². The quantitative estimate of drug-likeness (QED) is 0.791. The second-order valence-electron chi connectivity index (χ2n) is 9.61. The van der Waals surface area contributed by atoms with Crippen LogP contribution in [0.15, 0.2) is 0 Å². The summed E-state index contributed by atoms with van der Waals surface area (Å²) >= 11 is 0. The van der Waals surface area contributed by atoms with Gasteiger partial charge in [-0.3, -0.25) is 4.90 Å². The Labute approximate surface area is 163 Å². The number of piperidine rings is 2. The van der Waals surface area contributed by atoms with Crippen LogP contribution in [0.1, 0.15) is 67.2 Å². The molecule has 2 amide bonds. The van der Waals surface area contributed by atoms with Crippen LogP contribution in [0.2, 0.25) is 0 Å². The number of likely N-dealkylation sites (tertiary alicyclic amines) is 1. The van der Waals surface area contributed by atoms with Gasteiger partial charge in [0.25, 0.3) is 0 Å². The van der Waals surface area contributed by atoms with Crippen molar-refractivity contribution in [2.24, 2.45) is 0 Å². The molecule has 0 aromatic heterocycles. The van der Waals surface area contributed by atoms with E-state index >= 15 is 0 Å². The minimum Gasteiger partial charge on any atom is -0.444 e. The predicted octanol–water partition coefficient (Wildman–Crippen LogP) is 3.38. The fraction of sp³-hybridized carbons (Fsp3) is 0.900. The van der Waals surface area contributed by atoms with E-state index < -0.39 is 11.2 Å². The summed E-state index contributed by atoms with van der Waals surface area (Å²) in [6.07, 6.45) is 3.12. The zero-order valence-electron chi connectivity index (χ0n) is 17.8. The van der Waals surface area contributed by atoms with Crippen LogP contribution in [0.4, 0.5) is 9.59 Å². The van der Waals surface area contributed by atoms with Crippen molar-refractivity contribution in [3.8, 4) is 0 Å². The molecule has 2 aliphatic heterocycles. The van der Waals surface area contributed by atoms with Gasteiger partial charge in [-0.2, -0.15) is 0 Å². The maximum Gasteiger partial charge on any atom is 0.410 e. The number of ether oxygens (including phenoxy) is 2. The van der Waals surface area contributed by atoms with Crippen LogP contribution in [-0.2, 0) is 9.47 Å². The average molecular weight is 384 g/mol. The molecule has 1 N–H and O–H groups in total. The largest absolute Gasteiger partial charge is 0.444 e. The summed E-state index contributed by atoms with van der Waals surface area (Å²) in [7, 11) is 0. The number of hydrogen-bond acceptors (Lipinski definition) is 5. The molecule has 0 aromatic carbocycles. The molecule has 2 saturated heterocycles. The fourth-order valence-electron chi connectivity index (χ4n) is 3.66. The molecular formula is C20H37N3O4. The average Bonchev–Trinajstić information content (AvgIpc) is 2.53. The zero-order chi connectivity index (χ0) is 20.2. The van der Waals surface area contributed by atoms with E-state index in [-0.39, 0.29) is 24.3 Å². The van der Waals surface area contributed by atoms with Gasteiger partial charge in [0.2, 0.25) is 0 Å². The van der Waals surface area contributed by atoms with E-state index in [1.54, 1.807) is 4.90 Å². The minimum absolute atomic E-state index is 0.0500. The molecule has 7 heteroatoms. The van der Waals surface area contributed by atoms with Crippen molar-refractivity contribution >= 4 is 12.2 Å². The fourth-order valence-corrected chi connectivity index (χ4v) is 3.66. The van der Waals surface area contributed by atoms with Crippen molar-refractivity contribution in [3.63, 3.8) is 0 Å². The van der Waals surface area contributed by atoms with Crippen molar-refractivity contribution in [3.05, 3.63) is 0 Å². The molecule has 7 nitrogen and oxygen atoms in total. The van der Waals surface area contributed by atoms with Crippen LogP contribution in [0.5, 0.6) is 0 Å². The number of nitrogens with zero attached hydrogens (tertiary/aromatic N) is 2. The van der Waals surface area contributed by atoms with Gasteiger partial charge in [0.15, 0.2) is 0 Å². The van der Waals surface area contributed by atoms with Crippen molar-refractivity contribution in [1.29, 1.82) is 0 Å². The summed E-state index contributed by atoms with van der Waals surface area (Å²) < 4.78 is 11.2. The Balaban J connectivity index is 2.13. The molecular weight excluding hydrogens is 346 g/mol. The molecule has 2 aliphatic rings. The van der Waals surface area contributed by atoms with Crippen molar-refractivity contribution < 1.29 is 19.1 Å². The molecule has 156 valence electrons. The Bertz CT molecular complexity index is 518. The lowest BCUT2D eigenvalue weighted by atomic mass is 9.99. The SMILES string of the molecule is CC(C)(C)OC(=O)N1CCCC(N(C(=O)OC(C)(C)C)[C@@H]2CCCNC2)C1. The van der Waals surface area contributed by atoms with E-state index in [0.717, 1.165) is 38.8 Å². The third kappa shape index (κ3) is 6.87. The molecule has 0 radical (unpaired) electrons. The summed E-state index contributed by atoms with van der Waals surface area (Å²) in [6.45, 7) is 14.2. The second kappa shape index (κ2) is 8.67. The second-order valence-corrected chi connectivity index (χ2v) is 9.61. The molecule has 0 aromatic rings. The van der Waals surface area contributed by atoms with Gasteiger partial charge in [-0.05, 0) is 73.8 Å². The predicted molar refractivity (Wildman–Crippen MR) is 105 cm³/mol. The number of rotatable bonds is 2. The van der Waals surface area contributed by atoms with Gasteiger partial charge in [-0.1, -0.05) is 0 Å². The maximum absolute atomic E-state index is 13.0. The van der Waals surface area contributed by atoms with Gasteiger partial charge < -0.3 is 19.7 Å². The Morgan fingerprint density at radius 2 is 1.59 bits per heavy atom.